The Morgan fingerprint density at radius 3 is 1.31 bits per heavy atom. The molecule has 4 rings (SSSR count). The van der Waals surface area contributed by atoms with E-state index in [2.05, 4.69) is 37.1 Å². The fourth-order valence-electron chi connectivity index (χ4n) is 7.95. The molecule has 0 aromatic carbocycles. The largest absolute Gasteiger partial charge is 0.392 e. The number of sulfonamides is 2. The van der Waals surface area contributed by atoms with Gasteiger partial charge in [0.15, 0.2) is 0 Å². The predicted molar refractivity (Wildman–Crippen MR) is 123 cm³/mol. The fraction of sp³-hybridized carbons (Fsp3) is 1.00. The number of aliphatic hydroxyl groups is 2. The maximum Gasteiger partial charge on any atom is 0.212 e. The van der Waals surface area contributed by atoms with Gasteiger partial charge in [-0.25, -0.2) is 26.3 Å². The Labute approximate surface area is 193 Å². The van der Waals surface area contributed by atoms with Crippen molar-refractivity contribution in [3.8, 4) is 0 Å². The molecule has 0 aromatic heterocycles. The molecule has 4 bridgehead atoms. The van der Waals surface area contributed by atoms with Gasteiger partial charge in [-0.15, -0.1) is 0 Å². The van der Waals surface area contributed by atoms with Crippen LogP contribution in [0.25, 0.3) is 0 Å². The molecule has 32 heavy (non-hydrogen) atoms. The normalized spacial score (nSPS) is 42.1. The lowest BCUT2D eigenvalue weighted by atomic mass is 9.70. The van der Waals surface area contributed by atoms with Crippen LogP contribution in [0.1, 0.15) is 66.2 Å². The van der Waals surface area contributed by atoms with Crippen molar-refractivity contribution in [3.63, 3.8) is 0 Å². The lowest BCUT2D eigenvalue weighted by molar-refractivity contribution is 0.0150. The van der Waals surface area contributed by atoms with Gasteiger partial charge >= 0.3 is 0 Å². The van der Waals surface area contributed by atoms with E-state index in [9.17, 15) is 27.0 Å². The molecule has 0 saturated heterocycles. The zero-order valence-corrected chi connectivity index (χ0v) is 21.4. The lowest BCUT2D eigenvalue weighted by Crippen LogP contribution is -2.49. The van der Waals surface area contributed by atoms with Gasteiger partial charge in [0.05, 0.1) is 23.7 Å². The molecule has 0 aliphatic heterocycles. The van der Waals surface area contributed by atoms with Crippen molar-refractivity contribution >= 4 is 20.0 Å². The smallest absolute Gasteiger partial charge is 0.212 e. The topological polar surface area (TPSA) is 133 Å². The van der Waals surface area contributed by atoms with Crippen LogP contribution in [0, 0.1) is 33.5 Å². The van der Waals surface area contributed by atoms with Gasteiger partial charge in [-0.1, -0.05) is 27.7 Å². The molecule has 4 aliphatic rings. The molecule has 186 valence electrons. The molecule has 6 atom stereocenters. The summed E-state index contributed by atoms with van der Waals surface area (Å²) in [5, 5.41) is 21.2. The van der Waals surface area contributed by atoms with Crippen LogP contribution < -0.4 is 9.44 Å². The first-order valence-corrected chi connectivity index (χ1v) is 15.2. The molecule has 8 nitrogen and oxygen atoms in total. The average molecular weight is 493 g/mol. The van der Waals surface area contributed by atoms with Gasteiger partial charge in [0, 0.05) is 23.9 Å². The lowest BCUT2D eigenvalue weighted by Gasteiger charge is -2.40. The van der Waals surface area contributed by atoms with Crippen LogP contribution in [0.4, 0.5) is 0 Å². The van der Waals surface area contributed by atoms with Crippen molar-refractivity contribution in [2.24, 2.45) is 33.5 Å². The first kappa shape index (κ1) is 24.9. The molecule has 0 amide bonds. The minimum absolute atomic E-state index is 0.0425. The van der Waals surface area contributed by atoms with Gasteiger partial charge in [0.1, 0.15) is 0 Å². The van der Waals surface area contributed by atoms with Crippen molar-refractivity contribution < 1.29 is 27.0 Å². The highest BCUT2D eigenvalue weighted by Crippen LogP contribution is 2.67. The molecule has 0 heterocycles. The third kappa shape index (κ3) is 3.59. The number of hydrogen-bond acceptors (Lipinski definition) is 6. The standard InChI is InChI=1S/C22H40N2O6S2/c1-19(2)15-5-7-21(19,17(25)11-15)13-31(27,28)23-9-10-24-32(29,30)14-22-8-6-16(12-18(22)26)20(22,3)4/h15-18,23-26H,5-14H2,1-4H3. The summed E-state index contributed by atoms with van der Waals surface area (Å²) in [6.07, 6.45) is 3.31. The molecular weight excluding hydrogens is 452 g/mol. The predicted octanol–water partition coefficient (Wildman–Crippen LogP) is 1.20. The molecule has 10 heteroatoms. The molecule has 4 saturated carbocycles. The van der Waals surface area contributed by atoms with Crippen molar-refractivity contribution in [1.29, 1.82) is 0 Å². The van der Waals surface area contributed by atoms with Crippen molar-refractivity contribution in [3.05, 3.63) is 0 Å². The molecule has 4 fully saturated rings. The number of aliphatic hydroxyl groups excluding tert-OH is 2. The maximum atomic E-state index is 12.8. The zero-order chi connectivity index (χ0) is 23.8. The third-order valence-electron chi connectivity index (χ3n) is 10.4. The summed E-state index contributed by atoms with van der Waals surface area (Å²) < 4.78 is 56.3. The summed E-state index contributed by atoms with van der Waals surface area (Å²) in [5.41, 5.74) is -1.77. The van der Waals surface area contributed by atoms with Crippen LogP contribution in [0.3, 0.4) is 0 Å². The first-order valence-electron chi connectivity index (χ1n) is 11.9. The molecule has 0 radical (unpaired) electrons. The van der Waals surface area contributed by atoms with E-state index >= 15 is 0 Å². The monoisotopic (exact) mass is 492 g/mol. The second-order valence-corrected chi connectivity index (χ2v) is 15.7. The van der Waals surface area contributed by atoms with Gasteiger partial charge in [0.2, 0.25) is 20.0 Å². The van der Waals surface area contributed by atoms with Crippen molar-refractivity contribution in [1.82, 2.24) is 9.44 Å². The van der Waals surface area contributed by atoms with Gasteiger partial charge in [0.25, 0.3) is 0 Å². The van der Waals surface area contributed by atoms with E-state index in [0.717, 1.165) is 12.8 Å². The number of fused-ring (bicyclic) bond motifs is 4. The van der Waals surface area contributed by atoms with Crippen LogP contribution in [0.2, 0.25) is 0 Å². The van der Waals surface area contributed by atoms with Gasteiger partial charge in [-0.2, -0.15) is 0 Å². The number of nitrogens with one attached hydrogen (secondary N) is 2. The Morgan fingerprint density at radius 1 is 0.719 bits per heavy atom. The Bertz CT molecular complexity index is 885. The third-order valence-corrected chi connectivity index (χ3v) is 13.5. The zero-order valence-electron chi connectivity index (χ0n) is 19.7. The van der Waals surface area contributed by atoms with E-state index in [4.69, 9.17) is 0 Å². The van der Waals surface area contributed by atoms with Crippen LogP contribution in [0.5, 0.6) is 0 Å². The maximum absolute atomic E-state index is 12.8. The second-order valence-electron chi connectivity index (χ2n) is 12.0. The van der Waals surface area contributed by atoms with E-state index in [1.807, 2.05) is 0 Å². The summed E-state index contributed by atoms with van der Waals surface area (Å²) in [6.45, 7) is 8.12. The molecule has 6 unspecified atom stereocenters. The van der Waals surface area contributed by atoms with Crippen LogP contribution in [0.15, 0.2) is 0 Å². The van der Waals surface area contributed by atoms with Crippen LogP contribution in [-0.2, 0) is 20.0 Å². The Balaban J connectivity index is 1.32. The fourth-order valence-corrected chi connectivity index (χ4v) is 11.8. The molecule has 4 aliphatic carbocycles. The highest BCUT2D eigenvalue weighted by Gasteiger charge is 2.66. The van der Waals surface area contributed by atoms with Gasteiger partial charge < -0.3 is 10.2 Å². The van der Waals surface area contributed by atoms with E-state index in [-0.39, 0.29) is 35.4 Å². The van der Waals surface area contributed by atoms with Crippen molar-refractivity contribution in [2.75, 3.05) is 24.6 Å². The van der Waals surface area contributed by atoms with Crippen molar-refractivity contribution in [2.45, 2.75) is 78.4 Å². The number of hydrogen-bond donors (Lipinski definition) is 4. The summed E-state index contributed by atoms with van der Waals surface area (Å²) in [7, 11) is -7.35. The summed E-state index contributed by atoms with van der Waals surface area (Å²) in [6, 6.07) is 0. The molecule has 0 aromatic rings. The first-order chi connectivity index (χ1) is 14.6. The van der Waals surface area contributed by atoms with Gasteiger partial charge in [-0.3, -0.25) is 0 Å². The average Bonchev–Trinajstić information content (AvgIpc) is 3.17. The van der Waals surface area contributed by atoms with E-state index in [1.54, 1.807) is 0 Å². The Hall–Kier alpha value is -0.260. The van der Waals surface area contributed by atoms with Crippen LogP contribution >= 0.6 is 0 Å². The minimum Gasteiger partial charge on any atom is -0.392 e. The Kier molecular flexibility index (Phi) is 5.92. The highest BCUT2D eigenvalue weighted by molar-refractivity contribution is 7.89. The van der Waals surface area contributed by atoms with E-state index < -0.39 is 43.1 Å². The summed E-state index contributed by atoms with van der Waals surface area (Å²) in [4.78, 5) is 0. The Morgan fingerprint density at radius 2 is 1.06 bits per heavy atom. The molecule has 4 N–H and O–H groups in total. The minimum atomic E-state index is -3.68. The molecule has 0 spiro atoms. The SMILES string of the molecule is CC1(C)C2CCC1(CS(=O)(=O)NCCNS(=O)(=O)CC13CCC(CC1O)C3(C)C)C(O)C2. The van der Waals surface area contributed by atoms with E-state index in [0.29, 0.717) is 37.5 Å². The summed E-state index contributed by atoms with van der Waals surface area (Å²) >= 11 is 0. The summed E-state index contributed by atoms with van der Waals surface area (Å²) in [5.74, 6) is 0.401. The molecular formula is C22H40N2O6S2. The van der Waals surface area contributed by atoms with Gasteiger partial charge in [-0.05, 0) is 61.2 Å². The number of rotatable bonds is 9. The van der Waals surface area contributed by atoms with E-state index in [1.165, 1.54) is 0 Å². The quantitative estimate of drug-likeness (QED) is 0.358. The van der Waals surface area contributed by atoms with Crippen LogP contribution in [-0.4, -0.2) is 63.9 Å². The second kappa shape index (κ2) is 7.62. The highest BCUT2D eigenvalue weighted by atomic mass is 32.2.